The molecule has 1 aromatic rings. The Balaban J connectivity index is 3.17. The molecule has 0 bridgehead atoms. The van der Waals surface area contributed by atoms with E-state index < -0.39 is 0 Å². The van der Waals surface area contributed by atoms with Gasteiger partial charge in [0.25, 0.3) is 0 Å². The number of nitrogens with zero attached hydrogens (tertiary/aromatic N) is 1. The smallest absolute Gasteiger partial charge is 0.310 e. The van der Waals surface area contributed by atoms with Gasteiger partial charge in [0, 0.05) is 5.56 Å². The number of nitriles is 1. The topological polar surface area (TPSA) is 59.3 Å². The summed E-state index contributed by atoms with van der Waals surface area (Å²) in [4.78, 5) is 11.2. The van der Waals surface area contributed by atoms with Crippen molar-refractivity contribution < 1.29 is 14.3 Å². The summed E-state index contributed by atoms with van der Waals surface area (Å²) in [6.45, 7) is 1.79. The molecule has 0 saturated heterocycles. The molecule has 0 N–H and O–H groups in total. The Morgan fingerprint density at radius 3 is 2.62 bits per heavy atom. The molecule has 16 heavy (non-hydrogen) atoms. The van der Waals surface area contributed by atoms with Gasteiger partial charge < -0.3 is 9.47 Å². The summed E-state index contributed by atoms with van der Waals surface area (Å²) in [5.41, 5.74) is 1.88. The first-order valence-corrected chi connectivity index (χ1v) is 4.77. The number of hydrogen-bond donors (Lipinski definition) is 0. The molecule has 0 aliphatic carbocycles. The molecule has 0 aliphatic rings. The largest absolute Gasteiger partial charge is 0.496 e. The molecule has 1 aromatic carbocycles. The summed E-state index contributed by atoms with van der Waals surface area (Å²) in [5, 5.41) is 9.05. The highest BCUT2D eigenvalue weighted by atomic mass is 16.5. The molecule has 1 rings (SSSR count). The second-order valence-electron chi connectivity index (χ2n) is 3.29. The highest BCUT2D eigenvalue weighted by molar-refractivity contribution is 5.74. The lowest BCUT2D eigenvalue weighted by Crippen LogP contribution is -2.07. The van der Waals surface area contributed by atoms with E-state index in [9.17, 15) is 4.79 Å². The van der Waals surface area contributed by atoms with Crippen LogP contribution in [0.15, 0.2) is 12.1 Å². The maximum absolute atomic E-state index is 11.2. The monoisotopic (exact) mass is 219 g/mol. The van der Waals surface area contributed by atoms with Crippen LogP contribution in [0.3, 0.4) is 0 Å². The van der Waals surface area contributed by atoms with Crippen LogP contribution in [-0.2, 0) is 16.0 Å². The van der Waals surface area contributed by atoms with Crippen LogP contribution in [0.25, 0.3) is 0 Å². The first-order chi connectivity index (χ1) is 7.63. The molecule has 0 aliphatic heterocycles. The van der Waals surface area contributed by atoms with Gasteiger partial charge in [-0.25, -0.2) is 0 Å². The third-order valence-electron chi connectivity index (χ3n) is 2.40. The maximum Gasteiger partial charge on any atom is 0.310 e. The summed E-state index contributed by atoms with van der Waals surface area (Å²) < 4.78 is 9.68. The molecule has 0 atom stereocenters. The SMILES string of the molecule is COC(=O)Cc1ccc(OC)c(C)c1C#N. The number of carbonyl (C=O) groups excluding carboxylic acids is 1. The van der Waals surface area contributed by atoms with Crippen molar-refractivity contribution >= 4 is 5.97 Å². The van der Waals surface area contributed by atoms with Crippen molar-refractivity contribution in [1.29, 1.82) is 5.26 Å². The van der Waals surface area contributed by atoms with Gasteiger partial charge in [0.2, 0.25) is 0 Å². The Kier molecular flexibility index (Phi) is 3.90. The fraction of sp³-hybridized carbons (Fsp3) is 0.333. The zero-order valence-corrected chi connectivity index (χ0v) is 9.53. The minimum absolute atomic E-state index is 0.101. The van der Waals surface area contributed by atoms with Crippen molar-refractivity contribution in [2.24, 2.45) is 0 Å². The Bertz CT molecular complexity index is 446. The number of benzene rings is 1. The summed E-state index contributed by atoms with van der Waals surface area (Å²) in [6, 6.07) is 5.53. The van der Waals surface area contributed by atoms with Crippen molar-refractivity contribution in [3.8, 4) is 11.8 Å². The van der Waals surface area contributed by atoms with E-state index in [-0.39, 0.29) is 12.4 Å². The summed E-state index contributed by atoms with van der Waals surface area (Å²) >= 11 is 0. The first-order valence-electron chi connectivity index (χ1n) is 4.77. The molecule has 0 aromatic heterocycles. The van der Waals surface area contributed by atoms with Crippen LogP contribution in [0, 0.1) is 18.3 Å². The Morgan fingerprint density at radius 1 is 1.44 bits per heavy atom. The minimum atomic E-state index is -0.360. The van der Waals surface area contributed by atoms with Gasteiger partial charge in [0.1, 0.15) is 5.75 Å². The van der Waals surface area contributed by atoms with Crippen molar-refractivity contribution in [1.82, 2.24) is 0 Å². The lowest BCUT2D eigenvalue weighted by Gasteiger charge is -2.09. The quantitative estimate of drug-likeness (QED) is 0.724. The van der Waals surface area contributed by atoms with Gasteiger partial charge in [-0.1, -0.05) is 6.07 Å². The van der Waals surface area contributed by atoms with Gasteiger partial charge in [-0.3, -0.25) is 4.79 Å². The van der Waals surface area contributed by atoms with Crippen LogP contribution < -0.4 is 4.74 Å². The highest BCUT2D eigenvalue weighted by Crippen LogP contribution is 2.24. The van der Waals surface area contributed by atoms with Crippen LogP contribution in [-0.4, -0.2) is 20.2 Å². The van der Waals surface area contributed by atoms with Crippen LogP contribution in [0.5, 0.6) is 5.75 Å². The molecular formula is C12H13NO3. The van der Waals surface area contributed by atoms with E-state index in [1.54, 1.807) is 26.2 Å². The van der Waals surface area contributed by atoms with E-state index in [0.717, 1.165) is 5.56 Å². The van der Waals surface area contributed by atoms with Gasteiger partial charge in [-0.05, 0) is 18.6 Å². The summed E-state index contributed by atoms with van der Waals surface area (Å²) in [7, 11) is 2.87. The molecule has 0 radical (unpaired) electrons. The molecule has 84 valence electrons. The van der Waals surface area contributed by atoms with Crippen LogP contribution in [0.4, 0.5) is 0 Å². The Morgan fingerprint density at radius 2 is 2.12 bits per heavy atom. The molecule has 0 spiro atoms. The molecule has 4 nitrogen and oxygen atoms in total. The molecule has 4 heteroatoms. The number of hydrogen-bond acceptors (Lipinski definition) is 4. The average Bonchev–Trinajstić information content (AvgIpc) is 2.29. The third kappa shape index (κ3) is 2.31. The zero-order valence-electron chi connectivity index (χ0n) is 9.53. The van der Waals surface area contributed by atoms with Gasteiger partial charge in [0.05, 0.1) is 32.3 Å². The van der Waals surface area contributed by atoms with Crippen LogP contribution in [0.2, 0.25) is 0 Å². The highest BCUT2D eigenvalue weighted by Gasteiger charge is 2.13. The normalized spacial score (nSPS) is 9.38. The van der Waals surface area contributed by atoms with E-state index in [4.69, 9.17) is 10.00 Å². The second-order valence-corrected chi connectivity index (χ2v) is 3.29. The predicted molar refractivity (Wildman–Crippen MR) is 58.2 cm³/mol. The zero-order chi connectivity index (χ0) is 12.1. The van der Waals surface area contributed by atoms with Crippen LogP contribution in [0.1, 0.15) is 16.7 Å². The minimum Gasteiger partial charge on any atom is -0.496 e. The Labute approximate surface area is 94.4 Å². The molecule has 0 fully saturated rings. The summed E-state index contributed by atoms with van der Waals surface area (Å²) in [5.74, 6) is 0.284. The van der Waals surface area contributed by atoms with Crippen molar-refractivity contribution in [3.05, 3.63) is 28.8 Å². The van der Waals surface area contributed by atoms with Crippen molar-refractivity contribution in [2.45, 2.75) is 13.3 Å². The molecule has 0 amide bonds. The average molecular weight is 219 g/mol. The lowest BCUT2D eigenvalue weighted by molar-refractivity contribution is -0.139. The van der Waals surface area contributed by atoms with Gasteiger partial charge in [-0.2, -0.15) is 5.26 Å². The van der Waals surface area contributed by atoms with Gasteiger partial charge in [0.15, 0.2) is 0 Å². The number of carbonyl (C=O) groups is 1. The fourth-order valence-electron chi connectivity index (χ4n) is 1.50. The second kappa shape index (κ2) is 5.17. The predicted octanol–water partition coefficient (Wildman–Crippen LogP) is 1.59. The molecule has 0 heterocycles. The van der Waals surface area contributed by atoms with Gasteiger partial charge in [-0.15, -0.1) is 0 Å². The van der Waals surface area contributed by atoms with E-state index in [1.165, 1.54) is 7.11 Å². The van der Waals surface area contributed by atoms with Crippen molar-refractivity contribution in [2.75, 3.05) is 14.2 Å². The molecular weight excluding hydrogens is 206 g/mol. The van der Waals surface area contributed by atoms with E-state index >= 15 is 0 Å². The number of ether oxygens (including phenoxy) is 2. The number of methoxy groups -OCH3 is 2. The van der Waals surface area contributed by atoms with E-state index in [1.807, 2.05) is 0 Å². The van der Waals surface area contributed by atoms with E-state index in [2.05, 4.69) is 10.8 Å². The standard InChI is InChI=1S/C12H13NO3/c1-8-10(7-13)9(6-12(14)16-3)4-5-11(8)15-2/h4-5H,6H2,1-3H3. The van der Waals surface area contributed by atoms with Crippen LogP contribution >= 0.6 is 0 Å². The first kappa shape index (κ1) is 12.1. The van der Waals surface area contributed by atoms with Crippen molar-refractivity contribution in [3.63, 3.8) is 0 Å². The van der Waals surface area contributed by atoms with E-state index in [0.29, 0.717) is 16.9 Å². The fourth-order valence-corrected chi connectivity index (χ4v) is 1.50. The maximum atomic E-state index is 11.2. The summed E-state index contributed by atoms with van der Waals surface area (Å²) in [6.07, 6.45) is 0.101. The molecule has 0 unspecified atom stereocenters. The molecule has 0 saturated carbocycles. The number of esters is 1. The third-order valence-corrected chi connectivity index (χ3v) is 2.40. The lowest BCUT2D eigenvalue weighted by atomic mass is 10.00. The Hall–Kier alpha value is -2.02. The van der Waals surface area contributed by atoms with Gasteiger partial charge >= 0.3 is 5.97 Å². The number of rotatable bonds is 3.